The minimum Gasteiger partial charge on any atom is -0.497 e. The lowest BCUT2D eigenvalue weighted by Crippen LogP contribution is -2.25. The van der Waals surface area contributed by atoms with Gasteiger partial charge in [-0.15, -0.1) is 0 Å². The van der Waals surface area contributed by atoms with Gasteiger partial charge in [0.05, 0.1) is 36.6 Å². The number of nitrogens with zero attached hydrogens (tertiary/aromatic N) is 2. The van der Waals surface area contributed by atoms with Gasteiger partial charge in [-0.25, -0.2) is 4.98 Å². The minimum atomic E-state index is -0.112. The first-order valence-corrected chi connectivity index (χ1v) is 15.7. The van der Waals surface area contributed by atoms with Crippen LogP contribution >= 0.6 is 11.6 Å². The van der Waals surface area contributed by atoms with E-state index in [0.29, 0.717) is 11.6 Å². The van der Waals surface area contributed by atoms with E-state index in [-0.39, 0.29) is 5.91 Å². The third kappa shape index (κ3) is 9.00. The summed E-state index contributed by atoms with van der Waals surface area (Å²) in [6.45, 7) is 9.70. The molecule has 0 bridgehead atoms. The van der Waals surface area contributed by atoms with Crippen molar-refractivity contribution in [1.82, 2.24) is 15.2 Å². The molecule has 234 valence electrons. The average molecular weight is 618 g/mol. The van der Waals surface area contributed by atoms with Crippen LogP contribution in [0.5, 0.6) is 11.5 Å². The molecule has 0 radical (unpaired) electrons. The third-order valence-electron chi connectivity index (χ3n) is 7.66. The zero-order chi connectivity index (χ0) is 31.3. The van der Waals surface area contributed by atoms with Crippen molar-refractivity contribution in [1.29, 1.82) is 0 Å². The van der Waals surface area contributed by atoms with Gasteiger partial charge in [-0.3, -0.25) is 4.79 Å². The Morgan fingerprint density at radius 1 is 0.864 bits per heavy atom. The van der Waals surface area contributed by atoms with Crippen molar-refractivity contribution >= 4 is 56.8 Å². The molecule has 9 heteroatoms. The highest BCUT2D eigenvalue weighted by Gasteiger charge is 2.15. The Balaban J connectivity index is 1.40. The van der Waals surface area contributed by atoms with Crippen molar-refractivity contribution in [2.45, 2.75) is 33.1 Å². The number of rotatable bonds is 17. The number of amides is 1. The van der Waals surface area contributed by atoms with Crippen molar-refractivity contribution in [2.24, 2.45) is 0 Å². The van der Waals surface area contributed by atoms with Crippen LogP contribution in [0.4, 0.5) is 11.4 Å². The summed E-state index contributed by atoms with van der Waals surface area (Å²) in [7, 11) is 3.31. The fourth-order valence-electron chi connectivity index (χ4n) is 5.12. The van der Waals surface area contributed by atoms with Crippen LogP contribution in [0.1, 0.15) is 38.7 Å². The number of halogens is 1. The van der Waals surface area contributed by atoms with Crippen LogP contribution in [0.2, 0.25) is 5.02 Å². The molecule has 0 fully saturated rings. The Bertz CT molecular complexity index is 1550. The van der Waals surface area contributed by atoms with Gasteiger partial charge in [0.15, 0.2) is 0 Å². The molecule has 0 unspecified atom stereocenters. The zero-order valence-corrected chi connectivity index (χ0v) is 27.0. The summed E-state index contributed by atoms with van der Waals surface area (Å²) in [5.74, 6) is 1.44. The highest BCUT2D eigenvalue weighted by atomic mass is 35.5. The average Bonchev–Trinajstić information content (AvgIpc) is 3.05. The molecule has 1 heterocycles. The molecule has 0 saturated carbocycles. The minimum absolute atomic E-state index is 0.112. The van der Waals surface area contributed by atoms with E-state index in [1.54, 1.807) is 26.4 Å². The smallest absolute Gasteiger partial charge is 0.243 e. The summed E-state index contributed by atoms with van der Waals surface area (Å²) in [6.07, 6.45) is 6.09. The predicted octanol–water partition coefficient (Wildman–Crippen LogP) is 7.22. The van der Waals surface area contributed by atoms with E-state index < -0.39 is 0 Å². The maximum Gasteiger partial charge on any atom is 0.243 e. The first-order valence-electron chi connectivity index (χ1n) is 15.4. The van der Waals surface area contributed by atoms with Gasteiger partial charge in [-0.1, -0.05) is 37.6 Å². The summed E-state index contributed by atoms with van der Waals surface area (Å²) >= 11 is 6.38. The van der Waals surface area contributed by atoms with E-state index in [2.05, 4.69) is 34.7 Å². The Labute approximate surface area is 265 Å². The van der Waals surface area contributed by atoms with Gasteiger partial charge < -0.3 is 30.3 Å². The highest BCUT2D eigenvalue weighted by Crippen LogP contribution is 2.38. The quantitative estimate of drug-likeness (QED) is 0.0655. The number of unbranched alkanes of at least 4 members (excludes halogenated alkanes) is 1. The number of pyridine rings is 1. The van der Waals surface area contributed by atoms with E-state index in [4.69, 9.17) is 26.1 Å². The van der Waals surface area contributed by atoms with E-state index in [1.165, 1.54) is 0 Å². The molecule has 3 N–H and O–H groups in total. The van der Waals surface area contributed by atoms with Gasteiger partial charge in [0.2, 0.25) is 5.91 Å². The highest BCUT2D eigenvalue weighted by molar-refractivity contribution is 6.31. The van der Waals surface area contributed by atoms with Crippen LogP contribution in [-0.2, 0) is 4.79 Å². The van der Waals surface area contributed by atoms with Crippen LogP contribution in [-0.4, -0.2) is 69.3 Å². The molecule has 3 aromatic carbocycles. The molecular weight excluding hydrogens is 574 g/mol. The number of nitrogens with one attached hydrogen (secondary N) is 3. The summed E-state index contributed by atoms with van der Waals surface area (Å²) in [5.41, 5.74) is 4.59. The Morgan fingerprint density at radius 2 is 1.59 bits per heavy atom. The van der Waals surface area contributed by atoms with E-state index >= 15 is 0 Å². The molecule has 4 aromatic rings. The number of benzene rings is 3. The molecule has 1 amide bonds. The van der Waals surface area contributed by atoms with Crippen molar-refractivity contribution in [3.8, 4) is 11.5 Å². The number of carbonyl (C=O) groups is 1. The van der Waals surface area contributed by atoms with E-state index in [1.807, 2.05) is 54.6 Å². The zero-order valence-electron chi connectivity index (χ0n) is 26.2. The first-order chi connectivity index (χ1) is 21.4. The molecule has 0 aliphatic rings. The van der Waals surface area contributed by atoms with Crippen LogP contribution < -0.4 is 25.4 Å². The monoisotopic (exact) mass is 617 g/mol. The third-order valence-corrected chi connectivity index (χ3v) is 7.89. The number of fused-ring (bicyclic) bond motifs is 2. The van der Waals surface area contributed by atoms with Gasteiger partial charge >= 0.3 is 0 Å². The number of hydrogen-bond acceptors (Lipinski definition) is 7. The molecule has 0 saturated heterocycles. The van der Waals surface area contributed by atoms with E-state index in [9.17, 15) is 4.79 Å². The summed E-state index contributed by atoms with van der Waals surface area (Å²) in [5, 5.41) is 12.9. The van der Waals surface area contributed by atoms with Gasteiger partial charge in [0.1, 0.15) is 11.5 Å². The Kier molecular flexibility index (Phi) is 12.5. The second-order valence-corrected chi connectivity index (χ2v) is 11.0. The molecule has 4 rings (SSSR count). The van der Waals surface area contributed by atoms with Crippen molar-refractivity contribution in [3.05, 3.63) is 71.3 Å². The maximum atomic E-state index is 12.3. The lowest BCUT2D eigenvalue weighted by molar-refractivity contribution is -0.116. The largest absolute Gasteiger partial charge is 0.497 e. The summed E-state index contributed by atoms with van der Waals surface area (Å²) < 4.78 is 10.9. The fraction of sp³-hybridized carbons (Fsp3) is 0.371. The number of hydrogen-bond donors (Lipinski definition) is 3. The lowest BCUT2D eigenvalue weighted by Gasteiger charge is -2.20. The van der Waals surface area contributed by atoms with Gasteiger partial charge in [-0.2, -0.15) is 0 Å². The molecule has 0 atom stereocenters. The molecule has 0 aliphatic heterocycles. The van der Waals surface area contributed by atoms with Crippen LogP contribution in [0.3, 0.4) is 0 Å². The van der Waals surface area contributed by atoms with Gasteiger partial charge in [0.25, 0.3) is 0 Å². The normalized spacial score (nSPS) is 11.4. The molecule has 8 nitrogen and oxygen atoms in total. The van der Waals surface area contributed by atoms with E-state index in [0.717, 1.165) is 102 Å². The summed E-state index contributed by atoms with van der Waals surface area (Å²) in [6, 6.07) is 17.5. The second kappa shape index (κ2) is 16.7. The lowest BCUT2D eigenvalue weighted by atomic mass is 10.1. The number of methoxy groups -OCH3 is 2. The van der Waals surface area contributed by atoms with Crippen molar-refractivity contribution in [3.63, 3.8) is 0 Å². The number of ether oxygens (including phenoxy) is 2. The Morgan fingerprint density at radius 3 is 2.32 bits per heavy atom. The van der Waals surface area contributed by atoms with Crippen LogP contribution in [0.15, 0.2) is 60.7 Å². The molecule has 1 aromatic heterocycles. The number of aromatic nitrogens is 1. The maximum absolute atomic E-state index is 12.3. The van der Waals surface area contributed by atoms with Crippen molar-refractivity contribution < 1.29 is 14.3 Å². The fourth-order valence-corrected chi connectivity index (χ4v) is 5.29. The van der Waals surface area contributed by atoms with Gasteiger partial charge in [0, 0.05) is 47.6 Å². The van der Waals surface area contributed by atoms with Crippen LogP contribution in [0.25, 0.3) is 27.9 Å². The number of anilines is 2. The second-order valence-electron chi connectivity index (χ2n) is 10.6. The molecule has 0 spiro atoms. The number of carbonyl (C=O) groups excluding carboxylic acids is 1. The topological polar surface area (TPSA) is 87.8 Å². The van der Waals surface area contributed by atoms with Crippen LogP contribution in [0, 0.1) is 0 Å². The molecular formula is C35H44ClN5O3. The predicted molar refractivity (Wildman–Crippen MR) is 184 cm³/mol. The standard InChI is InChI=1S/C35H44ClN5O3/c1-5-41(6-2)21-9-20-39-34-29-16-13-26(36)22-31(29)40-35-30(34)23-28(44-4)24-32(35)37-18-7-8-19-38-33(42)17-12-25-10-14-27(43-3)15-11-25/h10-17,22-24,37H,5-9,18-21H2,1-4H3,(H,38,42)(H,39,40)/b17-12+. The molecule has 0 aliphatic carbocycles. The molecule has 44 heavy (non-hydrogen) atoms. The van der Waals surface area contributed by atoms with Gasteiger partial charge in [-0.05, 0) is 86.9 Å². The SMILES string of the molecule is CCN(CC)CCCNc1c2ccc(Cl)cc2nc2c(NCCCCNC(=O)/C=C/c3ccc(OC)cc3)cc(OC)cc12. The van der Waals surface area contributed by atoms with Crippen molar-refractivity contribution in [2.75, 3.05) is 64.1 Å². The summed E-state index contributed by atoms with van der Waals surface area (Å²) in [4.78, 5) is 19.7. The Hall–Kier alpha value is -4.01. The first kappa shape index (κ1) is 32.9.